The van der Waals surface area contributed by atoms with Crippen LogP contribution in [0.2, 0.25) is 0 Å². The summed E-state index contributed by atoms with van der Waals surface area (Å²) in [4.78, 5) is 52.8. The number of morpholine rings is 1. The van der Waals surface area contributed by atoms with Crippen LogP contribution in [-0.2, 0) is 25.7 Å². The molecule has 1 aromatic carbocycles. The van der Waals surface area contributed by atoms with Crippen molar-refractivity contribution in [3.63, 3.8) is 0 Å². The molecule has 0 spiro atoms. The normalized spacial score (nSPS) is 25.2. The summed E-state index contributed by atoms with van der Waals surface area (Å²) < 4.78 is 6.70. The monoisotopic (exact) mass is 461 g/mol. The van der Waals surface area contributed by atoms with Crippen LogP contribution in [0.5, 0.6) is 5.75 Å². The number of ether oxygens (including phenoxy) is 1. The van der Waals surface area contributed by atoms with Gasteiger partial charge in [0.25, 0.3) is 0 Å². The summed E-state index contributed by atoms with van der Waals surface area (Å²) in [6.07, 6.45) is 0. The fraction of sp³-hybridized carbons (Fsp3) is 0.400. The number of imide groups is 1. The minimum atomic E-state index is -0.683. The molecule has 2 unspecified atom stereocenters. The van der Waals surface area contributed by atoms with Crippen LogP contribution in [0.4, 0.5) is 0 Å². The van der Waals surface area contributed by atoms with E-state index >= 15 is 0 Å². The predicted octanol–water partition coefficient (Wildman–Crippen LogP) is 0.353. The molecule has 2 saturated heterocycles. The Balaban J connectivity index is 1.56. The van der Waals surface area contributed by atoms with Gasteiger partial charge in [-0.05, 0) is 17.7 Å². The van der Waals surface area contributed by atoms with Crippen LogP contribution in [0.15, 0.2) is 34.1 Å². The number of phenols is 1. The molecular formula is C20H19N3O6S2. The molecule has 4 heterocycles. The van der Waals surface area contributed by atoms with Crippen LogP contribution in [0.3, 0.4) is 0 Å². The van der Waals surface area contributed by atoms with Gasteiger partial charge in [-0.3, -0.25) is 29.1 Å². The molecule has 9 nitrogen and oxygen atoms in total. The number of benzene rings is 1. The Morgan fingerprint density at radius 1 is 1.13 bits per heavy atom. The number of carbonyl (C=O) groups excluding carboxylic acids is 3. The smallest absolute Gasteiger partial charge is 0.308 e. The van der Waals surface area contributed by atoms with E-state index in [9.17, 15) is 24.3 Å². The zero-order valence-electron chi connectivity index (χ0n) is 16.3. The van der Waals surface area contributed by atoms with E-state index in [2.05, 4.69) is 5.32 Å². The lowest BCUT2D eigenvalue weighted by Gasteiger charge is -2.31. The van der Waals surface area contributed by atoms with Crippen molar-refractivity contribution in [1.82, 2.24) is 14.8 Å². The fourth-order valence-corrected chi connectivity index (χ4v) is 7.00. The first-order valence-electron chi connectivity index (χ1n) is 9.83. The number of nitrogens with zero attached hydrogens (tertiary/aromatic N) is 2. The maximum Gasteiger partial charge on any atom is 0.308 e. The molecule has 5 rings (SSSR count). The number of carbonyl (C=O) groups is 3. The van der Waals surface area contributed by atoms with Crippen molar-refractivity contribution in [2.75, 3.05) is 26.3 Å². The van der Waals surface area contributed by atoms with Crippen LogP contribution >= 0.6 is 23.1 Å². The van der Waals surface area contributed by atoms with Crippen molar-refractivity contribution < 1.29 is 24.2 Å². The van der Waals surface area contributed by atoms with Gasteiger partial charge in [0.05, 0.1) is 24.2 Å². The second kappa shape index (κ2) is 7.81. The number of aromatic hydroxyl groups is 1. The highest BCUT2D eigenvalue weighted by Crippen LogP contribution is 2.51. The molecule has 1 aromatic heterocycles. The molecule has 0 aliphatic carbocycles. The Morgan fingerprint density at radius 2 is 1.84 bits per heavy atom. The highest BCUT2D eigenvalue weighted by Gasteiger charge is 2.52. The van der Waals surface area contributed by atoms with Crippen molar-refractivity contribution in [2.24, 2.45) is 5.92 Å². The van der Waals surface area contributed by atoms with Crippen molar-refractivity contribution in [1.29, 1.82) is 0 Å². The Labute approximate surface area is 185 Å². The van der Waals surface area contributed by atoms with E-state index < -0.39 is 17.1 Å². The van der Waals surface area contributed by atoms with E-state index in [1.165, 1.54) is 28.5 Å². The molecule has 0 saturated carbocycles. The van der Waals surface area contributed by atoms with E-state index in [4.69, 9.17) is 4.74 Å². The van der Waals surface area contributed by atoms with Crippen molar-refractivity contribution in [3.8, 4) is 5.75 Å². The van der Waals surface area contributed by atoms with Crippen LogP contribution in [0.25, 0.3) is 0 Å². The molecular weight excluding hydrogens is 442 g/mol. The summed E-state index contributed by atoms with van der Waals surface area (Å²) in [7, 11) is 0. The number of nitrogens with one attached hydrogen (secondary N) is 1. The van der Waals surface area contributed by atoms with E-state index in [0.717, 1.165) is 16.9 Å². The summed E-state index contributed by atoms with van der Waals surface area (Å²) in [6, 6.07) is 6.42. The Hall–Kier alpha value is -2.63. The number of hydrogen-bond donors (Lipinski definition) is 2. The first kappa shape index (κ1) is 20.3. The first-order chi connectivity index (χ1) is 14.9. The average molecular weight is 462 g/mol. The Morgan fingerprint density at radius 3 is 2.55 bits per heavy atom. The van der Waals surface area contributed by atoms with Crippen molar-refractivity contribution in [3.05, 3.63) is 44.4 Å². The van der Waals surface area contributed by atoms with Crippen molar-refractivity contribution in [2.45, 2.75) is 22.7 Å². The minimum Gasteiger partial charge on any atom is -0.508 e. The summed E-state index contributed by atoms with van der Waals surface area (Å²) >= 11 is 2.17. The molecule has 3 aliphatic heterocycles. The largest absolute Gasteiger partial charge is 0.508 e. The maximum absolute atomic E-state index is 12.9. The molecule has 0 bridgehead atoms. The topological polar surface area (TPSA) is 118 Å². The zero-order chi connectivity index (χ0) is 21.7. The highest BCUT2D eigenvalue weighted by molar-refractivity contribution is 8.00. The lowest BCUT2D eigenvalue weighted by atomic mass is 9.83. The molecule has 0 radical (unpaired) electrons. The SMILES string of the molecule is O=C1NC(=O)C2C1Sc1c(sc(=O)n1CC(=O)N1CCOCC1)[C@H]2c1ccc(O)cc1. The fourth-order valence-electron chi connectivity index (χ4n) is 4.26. The van der Waals surface area contributed by atoms with Gasteiger partial charge in [-0.2, -0.15) is 0 Å². The third-order valence-electron chi connectivity index (χ3n) is 5.80. The highest BCUT2D eigenvalue weighted by atomic mass is 32.2. The van der Waals surface area contributed by atoms with E-state index in [0.29, 0.717) is 36.2 Å². The van der Waals surface area contributed by atoms with Gasteiger partial charge >= 0.3 is 4.87 Å². The molecule has 3 aliphatic rings. The van der Waals surface area contributed by atoms with Gasteiger partial charge in [0, 0.05) is 23.9 Å². The van der Waals surface area contributed by atoms with E-state index in [-0.39, 0.29) is 34.9 Å². The predicted molar refractivity (Wildman–Crippen MR) is 112 cm³/mol. The molecule has 2 fully saturated rings. The number of hydrogen-bond acceptors (Lipinski definition) is 8. The number of thioether (sulfide) groups is 1. The molecule has 2 N–H and O–H groups in total. The average Bonchev–Trinajstić information content (AvgIpc) is 3.23. The van der Waals surface area contributed by atoms with Gasteiger partial charge in [0.15, 0.2) is 0 Å². The molecule has 162 valence electrons. The molecule has 3 amide bonds. The van der Waals surface area contributed by atoms with Gasteiger partial charge in [-0.25, -0.2) is 0 Å². The molecule has 3 atom stereocenters. The summed E-state index contributed by atoms with van der Waals surface area (Å²) in [5.41, 5.74) is 0.729. The molecule has 31 heavy (non-hydrogen) atoms. The lowest BCUT2D eigenvalue weighted by molar-refractivity contribution is -0.136. The standard InChI is InChI=1S/C20H19N3O6S2/c24-11-3-1-10(2-4-11)13-14-15(18(27)21-17(14)26)30-19-16(13)31-20(28)23(19)9-12(25)22-5-7-29-8-6-22/h1-4,13-15,24H,5-9H2,(H,21,26,27)/t13-,14?,15?/m0/s1. The third kappa shape index (κ3) is 3.46. The molecule has 11 heteroatoms. The van der Waals surface area contributed by atoms with Crippen LogP contribution in [0, 0.1) is 5.92 Å². The van der Waals surface area contributed by atoms with Gasteiger partial charge in [0.2, 0.25) is 17.7 Å². The number of amides is 3. The van der Waals surface area contributed by atoms with E-state index in [1.54, 1.807) is 17.0 Å². The van der Waals surface area contributed by atoms with Crippen LogP contribution < -0.4 is 10.2 Å². The Kier molecular flexibility index (Phi) is 5.11. The lowest BCUT2D eigenvalue weighted by Crippen LogP contribution is -2.43. The van der Waals surface area contributed by atoms with Crippen molar-refractivity contribution >= 4 is 40.8 Å². The second-order valence-corrected chi connectivity index (χ2v) is 9.73. The number of thiazole rings is 1. The quantitative estimate of drug-likeness (QED) is 0.634. The summed E-state index contributed by atoms with van der Waals surface area (Å²) in [5.74, 6) is -2.02. The number of rotatable bonds is 3. The van der Waals surface area contributed by atoms with Gasteiger partial charge < -0.3 is 14.7 Å². The van der Waals surface area contributed by atoms with Gasteiger partial charge in [0.1, 0.15) is 17.5 Å². The second-order valence-electron chi connectivity index (χ2n) is 7.60. The maximum atomic E-state index is 12.9. The zero-order valence-corrected chi connectivity index (χ0v) is 17.9. The third-order valence-corrected chi connectivity index (χ3v) is 8.41. The van der Waals surface area contributed by atoms with Gasteiger partial charge in [-0.15, -0.1) is 0 Å². The first-order valence-corrected chi connectivity index (χ1v) is 11.5. The number of aromatic nitrogens is 1. The van der Waals surface area contributed by atoms with E-state index in [1.807, 2.05) is 0 Å². The molecule has 2 aromatic rings. The number of fused-ring (bicyclic) bond motifs is 2. The van der Waals surface area contributed by atoms with Crippen LogP contribution in [0.1, 0.15) is 16.4 Å². The Bertz CT molecular complexity index is 1120. The summed E-state index contributed by atoms with van der Waals surface area (Å²) in [6.45, 7) is 1.76. The van der Waals surface area contributed by atoms with Crippen LogP contribution in [-0.4, -0.2) is 63.8 Å². The van der Waals surface area contributed by atoms with Gasteiger partial charge in [-0.1, -0.05) is 35.2 Å². The summed E-state index contributed by atoms with van der Waals surface area (Å²) in [5, 5.41) is 11.9. The number of phenolic OH excluding ortho intramolecular Hbond substituents is 1. The minimum absolute atomic E-state index is 0.0829.